The number of aromatic nitrogens is 1. The first-order valence-electron chi connectivity index (χ1n) is 33.4. The molecule has 4 aliphatic heterocycles. The van der Waals surface area contributed by atoms with Gasteiger partial charge in [0.2, 0.25) is 35.4 Å². The number of benzene rings is 2. The normalized spacial score (nSPS) is 20.4. The number of piperidine rings is 1. The van der Waals surface area contributed by atoms with Crippen molar-refractivity contribution in [2.75, 3.05) is 124 Å². The first-order chi connectivity index (χ1) is 46.2. The van der Waals surface area contributed by atoms with Crippen molar-refractivity contribution in [2.24, 2.45) is 11.8 Å². The minimum atomic E-state index is -1.65. The highest BCUT2D eigenvalue weighted by molar-refractivity contribution is 14.1. The van der Waals surface area contributed by atoms with Gasteiger partial charge in [-0.1, -0.05) is 25.5 Å². The third-order valence-corrected chi connectivity index (χ3v) is 20.2. The molecule has 2 aromatic carbocycles. The monoisotopic (exact) mass is 1470 g/mol. The Morgan fingerprint density at radius 1 is 0.833 bits per heavy atom. The molecule has 25 nitrogen and oxygen atoms in total. The van der Waals surface area contributed by atoms with Gasteiger partial charge in [0.1, 0.15) is 30.9 Å². The lowest BCUT2D eigenvalue weighted by Crippen LogP contribution is -2.50. The molecule has 0 spiro atoms. The number of carboxylic acid groups (broad SMARTS) is 1. The fourth-order valence-corrected chi connectivity index (χ4v) is 14.2. The lowest BCUT2D eigenvalue weighted by molar-refractivity contribution is -0.143. The number of aliphatic carboxylic acids is 1. The summed E-state index contributed by atoms with van der Waals surface area (Å²) in [5, 5.41) is 25.3. The van der Waals surface area contributed by atoms with Crippen molar-refractivity contribution in [1.82, 2.24) is 49.9 Å². The first kappa shape index (κ1) is 76.5. The van der Waals surface area contributed by atoms with Crippen LogP contribution in [-0.2, 0) is 59.0 Å². The number of alkyl halides is 1. The van der Waals surface area contributed by atoms with E-state index in [1.165, 1.54) is 40.2 Å². The molecule has 4 fully saturated rings. The summed E-state index contributed by atoms with van der Waals surface area (Å²) in [6, 6.07) is 15.9. The van der Waals surface area contributed by atoms with Gasteiger partial charge < -0.3 is 39.8 Å². The number of nitrogens with zero attached hydrogens (tertiary/aromatic N) is 9. The van der Waals surface area contributed by atoms with Gasteiger partial charge in [0, 0.05) is 143 Å². The average molecular weight is 1470 g/mol. The number of hydrogen-bond donors (Lipinski definition) is 3. The third-order valence-electron chi connectivity index (χ3n) is 18.1. The molecular weight excluding hydrogens is 1370 g/mol. The Bertz CT molecular complexity index is 3160. The molecule has 0 bridgehead atoms. The molecule has 4 aliphatic rings. The van der Waals surface area contributed by atoms with Crippen LogP contribution in [0.15, 0.2) is 54.7 Å². The number of nitrogens with one attached hydrogen (secondary N) is 2. The van der Waals surface area contributed by atoms with Crippen molar-refractivity contribution in [1.29, 1.82) is 5.26 Å². The van der Waals surface area contributed by atoms with Crippen LogP contribution < -0.4 is 15.4 Å². The fraction of sp³-hybridized carbons (Fsp3) is 0.618. The predicted molar refractivity (Wildman–Crippen MR) is 365 cm³/mol. The molecule has 5 atom stereocenters. The van der Waals surface area contributed by atoms with Crippen LogP contribution in [0, 0.1) is 26.7 Å². The molecule has 7 rings (SSSR count). The Labute approximate surface area is 579 Å². The van der Waals surface area contributed by atoms with Crippen LogP contribution in [0.4, 0.5) is 4.39 Å². The second-order valence-corrected chi connectivity index (χ2v) is 28.2. The molecule has 3 N–H and O–H groups in total. The van der Waals surface area contributed by atoms with E-state index in [9.17, 15) is 62.7 Å². The number of pyridine rings is 1. The van der Waals surface area contributed by atoms with Gasteiger partial charge in [0.15, 0.2) is 5.78 Å². The van der Waals surface area contributed by atoms with Gasteiger partial charge in [-0.2, -0.15) is 5.26 Å². The van der Waals surface area contributed by atoms with E-state index in [1.54, 1.807) is 36.1 Å². The van der Waals surface area contributed by atoms with Gasteiger partial charge in [0.05, 0.1) is 49.0 Å². The zero-order valence-corrected chi connectivity index (χ0v) is 58.2. The molecule has 6 amide bonds. The van der Waals surface area contributed by atoms with Crippen LogP contribution in [0.1, 0.15) is 120 Å². The van der Waals surface area contributed by atoms with Crippen molar-refractivity contribution in [3.63, 3.8) is 0 Å². The number of unbranched alkanes of at least 4 members (excludes halogenated alkanes) is 2. The second-order valence-electron chi connectivity index (χ2n) is 25.7. The Balaban J connectivity index is 0.863. The summed E-state index contributed by atoms with van der Waals surface area (Å²) >= 11 is 3.55. The standard InChI is InChI=1S/C68H93FIN11O14S/c1-49(66(91)79-25-21-51(22-26-79)8-4-6-35-95-55-16-17-58-57(36-55)56(20-24-72-58)59(84)18-19-63(87)81-44-68(2,69)38-54(81)39-71)40-80-64(88)37-60(67(80)92)96-43-53(10-3-5-23-73-61(85)11-7-9-50-12-14-52(70)15-13-50)74-62(86)41-75-27-28-76(42-65(89)90)30-32-78(46-94-48-83)34-33-77(31-29-75)45-93-47-82/h12-17,20,24,36,47-49,51,53-54,60H,3-11,18-19,21-23,25-35,37-38,40-46H2,1-2H3,(H,73,85)(H,74,86)(H,89,90)/t49?,53?,54-,60?,68?/m1/s1. The van der Waals surface area contributed by atoms with E-state index in [-0.39, 0.29) is 101 Å². The van der Waals surface area contributed by atoms with Crippen LogP contribution in [0.5, 0.6) is 5.75 Å². The summed E-state index contributed by atoms with van der Waals surface area (Å²) in [6.45, 7) is 8.17. The third kappa shape index (κ3) is 25.2. The lowest BCUT2D eigenvalue weighted by atomic mass is 9.91. The summed E-state index contributed by atoms with van der Waals surface area (Å²) in [6.07, 6.45) is 9.07. The number of amides is 6. The van der Waals surface area contributed by atoms with Crippen molar-refractivity contribution >= 4 is 105 Å². The Hall–Kier alpha value is -6.91. The molecule has 5 heterocycles. The number of thioether (sulfide) groups is 1. The van der Waals surface area contributed by atoms with Crippen LogP contribution in [-0.4, -0.2) is 252 Å². The highest BCUT2D eigenvalue weighted by atomic mass is 127. The SMILES string of the molecule is CC(CN1C(=O)CC(SCC(CCCCNC(=O)CCCc2ccc(I)cc2)NC(=O)CN2CCN(COC=O)CCN(COC=O)CCN(CC(=O)O)CC2)C1=O)C(=O)N1CCC(CCCCOc2ccc3nccc(C(=O)CCC(=O)N4CC(C)(F)C[C@@H]4C#N)c3c2)CC1. The van der Waals surface area contributed by atoms with E-state index in [1.807, 2.05) is 37.8 Å². The van der Waals surface area contributed by atoms with Gasteiger partial charge in [-0.25, -0.2) is 4.39 Å². The molecule has 0 aliphatic carbocycles. The number of fused-ring (bicyclic) bond motifs is 1. The van der Waals surface area contributed by atoms with Crippen LogP contribution in [0.3, 0.4) is 0 Å². The van der Waals surface area contributed by atoms with Gasteiger partial charge in [-0.15, -0.1) is 11.8 Å². The van der Waals surface area contributed by atoms with Crippen LogP contribution >= 0.6 is 34.4 Å². The summed E-state index contributed by atoms with van der Waals surface area (Å²) in [5.74, 6) is -2.28. The van der Waals surface area contributed by atoms with Crippen LogP contribution in [0.2, 0.25) is 0 Å². The molecule has 4 unspecified atom stereocenters. The number of halogens is 2. The number of ketones is 1. The number of nitriles is 1. The average Bonchev–Trinajstić information content (AvgIpc) is 0.936. The van der Waals surface area contributed by atoms with E-state index < -0.39 is 40.8 Å². The number of ether oxygens (including phenoxy) is 3. The molecular formula is C68H93FIN11O14S. The quantitative estimate of drug-likeness (QED) is 0.0219. The molecule has 0 saturated carbocycles. The van der Waals surface area contributed by atoms with Gasteiger partial charge in [-0.05, 0) is 135 Å². The Morgan fingerprint density at radius 2 is 1.50 bits per heavy atom. The highest BCUT2D eigenvalue weighted by Gasteiger charge is 2.44. The topological polar surface area (TPSA) is 302 Å². The largest absolute Gasteiger partial charge is 0.494 e. The molecule has 0 radical (unpaired) electrons. The predicted octanol–water partition coefficient (Wildman–Crippen LogP) is 5.30. The summed E-state index contributed by atoms with van der Waals surface area (Å²) in [5.41, 5.74) is 0.507. The lowest BCUT2D eigenvalue weighted by Gasteiger charge is -2.34. The minimum Gasteiger partial charge on any atom is -0.494 e. The Morgan fingerprint density at radius 3 is 2.16 bits per heavy atom. The summed E-state index contributed by atoms with van der Waals surface area (Å²) < 4.78 is 32.0. The Kier molecular flexibility index (Phi) is 31.4. The zero-order chi connectivity index (χ0) is 69.0. The van der Waals surface area contributed by atoms with Gasteiger partial charge in [-0.3, -0.25) is 77.4 Å². The summed E-state index contributed by atoms with van der Waals surface area (Å²) in [7, 11) is 0. The van der Waals surface area contributed by atoms with Crippen molar-refractivity contribution in [2.45, 2.75) is 133 Å². The fourth-order valence-electron chi connectivity index (χ4n) is 12.6. The smallest absolute Gasteiger partial charge is 0.317 e. The van der Waals surface area contributed by atoms with Gasteiger partial charge >= 0.3 is 5.97 Å². The number of Topliss-reactive ketones (excluding diaryl/α,β-unsaturated/α-hetero) is 1. The van der Waals surface area contributed by atoms with Crippen molar-refractivity contribution in [3.8, 4) is 11.8 Å². The van der Waals surface area contributed by atoms with E-state index in [0.717, 1.165) is 42.1 Å². The van der Waals surface area contributed by atoms with Crippen molar-refractivity contribution in [3.05, 3.63) is 69.4 Å². The summed E-state index contributed by atoms with van der Waals surface area (Å²) in [4.78, 5) is 145. The number of aryl methyl sites for hydroxylation is 1. The second kappa shape index (κ2) is 39.5. The highest BCUT2D eigenvalue weighted by Crippen LogP contribution is 2.32. The first-order valence-corrected chi connectivity index (χ1v) is 35.5. The zero-order valence-electron chi connectivity index (χ0n) is 55.2. The van der Waals surface area contributed by atoms with E-state index >= 15 is 0 Å². The van der Waals surface area contributed by atoms with E-state index in [4.69, 9.17) is 14.2 Å². The number of rotatable bonds is 36. The van der Waals surface area contributed by atoms with Crippen molar-refractivity contribution < 1.29 is 71.7 Å². The number of carboxylic acids is 1. The number of carbonyl (C=O) groups is 10. The molecule has 28 heteroatoms. The number of carbonyl (C=O) groups excluding carboxylic acids is 9. The molecule has 524 valence electrons. The molecule has 3 aromatic rings. The van der Waals surface area contributed by atoms with Crippen LogP contribution in [0.25, 0.3) is 10.9 Å². The minimum absolute atomic E-state index is 0.00415. The maximum absolute atomic E-state index is 14.6. The number of hydrogen-bond acceptors (Lipinski definition) is 20. The molecule has 96 heavy (non-hydrogen) atoms. The maximum Gasteiger partial charge on any atom is 0.317 e. The van der Waals surface area contributed by atoms with E-state index in [2.05, 4.69) is 50.3 Å². The number of imide groups is 1. The maximum atomic E-state index is 14.6. The van der Waals surface area contributed by atoms with Gasteiger partial charge in [0.25, 0.3) is 12.9 Å². The molecule has 1 aromatic heterocycles. The number of likely N-dealkylation sites (tertiary alicyclic amines) is 3. The molecule has 4 saturated heterocycles. The van der Waals surface area contributed by atoms with E-state index in [0.29, 0.717) is 158 Å².